The molecule has 0 fully saturated rings. The minimum atomic E-state index is -4.47. The number of hydrogen-bond donors (Lipinski definition) is 2. The van der Waals surface area contributed by atoms with Crippen LogP contribution in [0.1, 0.15) is 26.7 Å². The molecule has 112 valence electrons. The summed E-state index contributed by atoms with van der Waals surface area (Å²) in [5, 5.41) is 11.0. The molecular weight excluding hydrogens is 265 g/mol. The summed E-state index contributed by atoms with van der Waals surface area (Å²) in [5.41, 5.74) is 0. The van der Waals surface area contributed by atoms with Crippen LogP contribution in [0.4, 0.5) is 18.0 Å². The Morgan fingerprint density at radius 1 is 1.32 bits per heavy atom. The molecule has 0 aliphatic rings. The highest BCUT2D eigenvalue weighted by Gasteiger charge is 2.32. The van der Waals surface area contributed by atoms with Gasteiger partial charge in [-0.1, -0.05) is 13.8 Å². The summed E-state index contributed by atoms with van der Waals surface area (Å²) in [6, 6.07) is -0.890. The molecule has 0 rings (SSSR count). The molecule has 8 heteroatoms. The van der Waals surface area contributed by atoms with Crippen LogP contribution in [0.2, 0.25) is 0 Å². The van der Waals surface area contributed by atoms with E-state index in [-0.39, 0.29) is 13.1 Å². The highest BCUT2D eigenvalue weighted by Crippen LogP contribution is 2.16. The van der Waals surface area contributed by atoms with Crippen molar-refractivity contribution in [2.24, 2.45) is 5.92 Å². The molecule has 0 aromatic heterocycles. The molecule has 0 saturated heterocycles. The number of carboxylic acid groups (broad SMARTS) is 1. The van der Waals surface area contributed by atoms with E-state index in [0.29, 0.717) is 17.7 Å². The van der Waals surface area contributed by atoms with Gasteiger partial charge in [0, 0.05) is 13.1 Å². The van der Waals surface area contributed by atoms with Gasteiger partial charge in [0.15, 0.2) is 0 Å². The number of hydrogen-bond acceptors (Lipinski definition) is 2. The second-order valence-corrected chi connectivity index (χ2v) is 4.17. The Bertz CT molecular complexity index is 308. The normalized spacial score (nSPS) is 12.9. The molecule has 19 heavy (non-hydrogen) atoms. The van der Waals surface area contributed by atoms with E-state index in [1.807, 2.05) is 0 Å². The summed E-state index contributed by atoms with van der Waals surface area (Å²) in [6.45, 7) is 1.74. The average Bonchev–Trinajstić information content (AvgIpc) is 2.26. The van der Waals surface area contributed by atoms with Gasteiger partial charge in [-0.2, -0.15) is 13.2 Å². The van der Waals surface area contributed by atoms with E-state index >= 15 is 0 Å². The molecule has 2 N–H and O–H groups in total. The molecule has 0 spiro atoms. The molecule has 0 radical (unpaired) electrons. The van der Waals surface area contributed by atoms with Crippen molar-refractivity contribution >= 4 is 12.0 Å². The van der Waals surface area contributed by atoms with Crippen molar-refractivity contribution in [2.75, 3.05) is 19.6 Å². The standard InChI is InChI=1S/C11H19F3N2O3/c1-3-5-16(7-11(12,13)14)10(19)15-6-8(4-2)9(17)18/h8H,3-7H2,1-2H3,(H,15,19)(H,17,18). The summed E-state index contributed by atoms with van der Waals surface area (Å²) in [6.07, 6.45) is -3.79. The van der Waals surface area contributed by atoms with E-state index in [1.54, 1.807) is 13.8 Å². The fraction of sp³-hybridized carbons (Fsp3) is 0.818. The number of nitrogens with zero attached hydrogens (tertiary/aromatic N) is 1. The van der Waals surface area contributed by atoms with Gasteiger partial charge in [-0.15, -0.1) is 0 Å². The van der Waals surface area contributed by atoms with E-state index in [0.717, 1.165) is 0 Å². The Balaban J connectivity index is 4.44. The third-order valence-electron chi connectivity index (χ3n) is 2.49. The van der Waals surface area contributed by atoms with Crippen molar-refractivity contribution < 1.29 is 27.9 Å². The van der Waals surface area contributed by atoms with E-state index in [1.165, 1.54) is 0 Å². The first-order valence-corrected chi connectivity index (χ1v) is 6.03. The van der Waals surface area contributed by atoms with E-state index < -0.39 is 30.6 Å². The summed E-state index contributed by atoms with van der Waals surface area (Å²) < 4.78 is 36.8. The maximum atomic E-state index is 12.3. The lowest BCUT2D eigenvalue weighted by Gasteiger charge is -2.24. The van der Waals surface area contributed by atoms with Gasteiger partial charge >= 0.3 is 18.2 Å². The van der Waals surface area contributed by atoms with Crippen LogP contribution in [-0.2, 0) is 4.79 Å². The molecule has 2 amide bonds. The molecule has 0 aromatic rings. The molecule has 1 atom stereocenters. The molecular formula is C11H19F3N2O3. The van der Waals surface area contributed by atoms with Crippen LogP contribution in [-0.4, -0.2) is 47.8 Å². The van der Waals surface area contributed by atoms with Gasteiger partial charge in [0.2, 0.25) is 0 Å². The number of aliphatic carboxylic acids is 1. The smallest absolute Gasteiger partial charge is 0.406 e. The average molecular weight is 284 g/mol. The topological polar surface area (TPSA) is 69.6 Å². The second-order valence-electron chi connectivity index (χ2n) is 4.17. The molecule has 0 aromatic carbocycles. The van der Waals surface area contributed by atoms with Crippen LogP contribution in [0.3, 0.4) is 0 Å². The van der Waals surface area contributed by atoms with Gasteiger partial charge in [-0.05, 0) is 12.8 Å². The van der Waals surface area contributed by atoms with Gasteiger partial charge in [0.05, 0.1) is 5.92 Å². The fourth-order valence-electron chi connectivity index (χ4n) is 1.47. The SMILES string of the molecule is CCCN(CC(F)(F)F)C(=O)NCC(CC)C(=O)O. The van der Waals surface area contributed by atoms with Crippen LogP contribution >= 0.6 is 0 Å². The van der Waals surface area contributed by atoms with E-state index in [4.69, 9.17) is 5.11 Å². The number of carbonyl (C=O) groups excluding carboxylic acids is 1. The Morgan fingerprint density at radius 2 is 1.89 bits per heavy atom. The van der Waals surface area contributed by atoms with Crippen LogP contribution in [0.15, 0.2) is 0 Å². The minimum absolute atomic E-state index is 0.0325. The van der Waals surface area contributed by atoms with Crippen molar-refractivity contribution in [2.45, 2.75) is 32.9 Å². The van der Waals surface area contributed by atoms with Crippen molar-refractivity contribution in [3.63, 3.8) is 0 Å². The highest BCUT2D eigenvalue weighted by atomic mass is 19.4. The maximum Gasteiger partial charge on any atom is 0.406 e. The Labute approximate surface area is 109 Å². The van der Waals surface area contributed by atoms with Gasteiger partial charge in [-0.25, -0.2) is 4.79 Å². The van der Waals surface area contributed by atoms with Crippen molar-refractivity contribution in [1.82, 2.24) is 10.2 Å². The number of rotatable bonds is 7. The number of carbonyl (C=O) groups is 2. The van der Waals surface area contributed by atoms with Crippen LogP contribution in [0.25, 0.3) is 0 Å². The van der Waals surface area contributed by atoms with Crippen LogP contribution in [0, 0.1) is 5.92 Å². The summed E-state index contributed by atoms with van der Waals surface area (Å²) in [7, 11) is 0. The van der Waals surface area contributed by atoms with Crippen molar-refractivity contribution in [3.05, 3.63) is 0 Å². The van der Waals surface area contributed by atoms with Crippen LogP contribution in [0.5, 0.6) is 0 Å². The predicted molar refractivity (Wildman–Crippen MR) is 62.7 cm³/mol. The fourth-order valence-corrected chi connectivity index (χ4v) is 1.47. The minimum Gasteiger partial charge on any atom is -0.481 e. The first-order valence-electron chi connectivity index (χ1n) is 6.03. The number of amides is 2. The quantitative estimate of drug-likeness (QED) is 0.752. The number of nitrogens with one attached hydrogen (secondary N) is 1. The molecule has 5 nitrogen and oxygen atoms in total. The third kappa shape index (κ3) is 7.53. The summed E-state index contributed by atoms with van der Waals surface area (Å²) >= 11 is 0. The highest BCUT2D eigenvalue weighted by molar-refractivity contribution is 5.76. The first-order chi connectivity index (χ1) is 8.71. The molecule has 0 aliphatic heterocycles. The van der Waals surface area contributed by atoms with Gasteiger partial charge < -0.3 is 15.3 Å². The number of alkyl halides is 3. The predicted octanol–water partition coefficient (Wildman–Crippen LogP) is 2.08. The zero-order valence-electron chi connectivity index (χ0n) is 11.0. The zero-order valence-corrected chi connectivity index (χ0v) is 11.0. The first kappa shape index (κ1) is 17.5. The second kappa shape index (κ2) is 7.85. The summed E-state index contributed by atoms with van der Waals surface area (Å²) in [5.74, 6) is -1.88. The van der Waals surface area contributed by atoms with E-state index in [2.05, 4.69) is 5.32 Å². The van der Waals surface area contributed by atoms with Gasteiger partial charge in [-0.3, -0.25) is 4.79 Å². The number of urea groups is 1. The third-order valence-corrected chi connectivity index (χ3v) is 2.49. The van der Waals surface area contributed by atoms with Crippen molar-refractivity contribution in [1.29, 1.82) is 0 Å². The van der Waals surface area contributed by atoms with Crippen molar-refractivity contribution in [3.8, 4) is 0 Å². The van der Waals surface area contributed by atoms with Crippen LogP contribution < -0.4 is 5.32 Å². The van der Waals surface area contributed by atoms with Gasteiger partial charge in [0.25, 0.3) is 0 Å². The Hall–Kier alpha value is -1.47. The molecule has 0 saturated carbocycles. The monoisotopic (exact) mass is 284 g/mol. The van der Waals surface area contributed by atoms with Gasteiger partial charge in [0.1, 0.15) is 6.54 Å². The molecule has 0 aliphatic carbocycles. The van der Waals surface area contributed by atoms with E-state index in [9.17, 15) is 22.8 Å². The largest absolute Gasteiger partial charge is 0.481 e. The summed E-state index contributed by atoms with van der Waals surface area (Å²) in [4.78, 5) is 22.9. The lowest BCUT2D eigenvalue weighted by molar-refractivity contribution is -0.142. The Kier molecular flexibility index (Phi) is 7.25. The lowest BCUT2D eigenvalue weighted by atomic mass is 10.1. The zero-order chi connectivity index (χ0) is 15.1. The number of halogens is 3. The molecule has 0 heterocycles. The maximum absolute atomic E-state index is 12.3. The molecule has 1 unspecified atom stereocenters. The molecule has 0 bridgehead atoms. The number of carboxylic acids is 1. The Morgan fingerprint density at radius 3 is 2.26 bits per heavy atom. The lowest BCUT2D eigenvalue weighted by Crippen LogP contribution is -2.46.